The first-order valence-corrected chi connectivity index (χ1v) is 8.59. The summed E-state index contributed by atoms with van der Waals surface area (Å²) in [4.78, 5) is 16.3. The monoisotopic (exact) mass is 378 g/mol. The predicted molar refractivity (Wildman–Crippen MR) is 107 cm³/mol. The van der Waals surface area contributed by atoms with Crippen LogP contribution in [0.2, 0.25) is 0 Å². The summed E-state index contributed by atoms with van der Waals surface area (Å²) < 4.78 is 23.5. The molecule has 1 N–H and O–H groups in total. The van der Waals surface area contributed by atoms with Crippen LogP contribution >= 0.6 is 0 Å². The van der Waals surface area contributed by atoms with E-state index in [0.717, 1.165) is 17.0 Å². The highest BCUT2D eigenvalue weighted by molar-refractivity contribution is 5.91. The third-order valence-corrected chi connectivity index (χ3v) is 3.79. The minimum atomic E-state index is -0.357. The van der Waals surface area contributed by atoms with Crippen LogP contribution < -0.4 is 14.8 Å². The molecule has 0 aliphatic heterocycles. The van der Waals surface area contributed by atoms with Crippen molar-refractivity contribution in [1.82, 2.24) is 0 Å². The Balaban J connectivity index is 1.51. The maximum atomic E-state index is 12.9. The number of hydrogen-bond donors (Lipinski definition) is 1. The molecule has 5 nitrogen and oxygen atoms in total. The van der Waals surface area contributed by atoms with E-state index in [1.165, 1.54) is 24.3 Å². The Labute approximate surface area is 162 Å². The van der Waals surface area contributed by atoms with Crippen LogP contribution in [0, 0.1) is 5.82 Å². The molecular formula is C22H19FN2O3. The lowest BCUT2D eigenvalue weighted by Gasteiger charge is -2.07. The van der Waals surface area contributed by atoms with Crippen LogP contribution in [0.5, 0.6) is 11.5 Å². The number of halogens is 1. The fourth-order valence-electron chi connectivity index (χ4n) is 2.37. The first kappa shape index (κ1) is 19.1. The Morgan fingerprint density at radius 2 is 1.79 bits per heavy atom. The first-order chi connectivity index (χ1) is 13.6. The van der Waals surface area contributed by atoms with Gasteiger partial charge in [0.2, 0.25) is 0 Å². The molecule has 3 rings (SSSR count). The van der Waals surface area contributed by atoms with Gasteiger partial charge in [-0.15, -0.1) is 0 Å². The number of anilines is 1. The SMILES string of the molecule is COc1cccc(N=Cc2ccc(OCC(=O)Nc3ccc(F)cc3)cc2)c1. The van der Waals surface area contributed by atoms with Crippen molar-refractivity contribution >= 4 is 23.5 Å². The zero-order valence-corrected chi connectivity index (χ0v) is 15.3. The summed E-state index contributed by atoms with van der Waals surface area (Å²) >= 11 is 0. The van der Waals surface area contributed by atoms with Gasteiger partial charge in [0.05, 0.1) is 12.8 Å². The van der Waals surface area contributed by atoms with E-state index in [1.807, 2.05) is 36.4 Å². The molecule has 1 amide bonds. The van der Waals surface area contributed by atoms with E-state index in [-0.39, 0.29) is 18.3 Å². The third kappa shape index (κ3) is 5.67. The van der Waals surface area contributed by atoms with E-state index in [4.69, 9.17) is 9.47 Å². The number of methoxy groups -OCH3 is 1. The normalized spacial score (nSPS) is 10.6. The van der Waals surface area contributed by atoms with Gasteiger partial charge in [0.25, 0.3) is 5.91 Å². The summed E-state index contributed by atoms with van der Waals surface area (Å²) in [6.45, 7) is -0.144. The Kier molecular flexibility index (Phi) is 6.36. The van der Waals surface area contributed by atoms with Crippen molar-refractivity contribution in [1.29, 1.82) is 0 Å². The molecule has 0 aliphatic rings. The summed E-state index contributed by atoms with van der Waals surface area (Å²) in [5, 5.41) is 2.64. The van der Waals surface area contributed by atoms with Crippen molar-refractivity contribution in [2.24, 2.45) is 4.99 Å². The lowest BCUT2D eigenvalue weighted by atomic mass is 10.2. The van der Waals surface area contributed by atoms with Crippen molar-refractivity contribution in [3.8, 4) is 11.5 Å². The predicted octanol–water partition coefficient (Wildman–Crippen LogP) is 4.60. The van der Waals surface area contributed by atoms with Gasteiger partial charge in [0.1, 0.15) is 17.3 Å². The summed E-state index contributed by atoms with van der Waals surface area (Å²) in [5.74, 6) is 0.629. The van der Waals surface area contributed by atoms with Crippen molar-refractivity contribution in [2.45, 2.75) is 0 Å². The molecule has 0 saturated heterocycles. The highest BCUT2D eigenvalue weighted by Crippen LogP contribution is 2.19. The number of carbonyl (C=O) groups excluding carboxylic acids is 1. The standard InChI is InChI=1S/C22H19FN2O3/c1-27-21-4-2-3-19(13-21)24-14-16-5-11-20(12-6-16)28-15-22(26)25-18-9-7-17(23)8-10-18/h2-14H,15H2,1H3,(H,25,26). The molecule has 0 fully saturated rings. The molecular weight excluding hydrogens is 359 g/mol. The lowest BCUT2D eigenvalue weighted by molar-refractivity contribution is -0.118. The summed E-state index contributed by atoms with van der Waals surface area (Å²) in [5.41, 5.74) is 2.20. The molecule has 142 valence electrons. The molecule has 0 spiro atoms. The average molecular weight is 378 g/mol. The molecule has 28 heavy (non-hydrogen) atoms. The molecule has 0 atom stereocenters. The highest BCUT2D eigenvalue weighted by Gasteiger charge is 2.04. The first-order valence-electron chi connectivity index (χ1n) is 8.59. The summed E-state index contributed by atoms with van der Waals surface area (Å²) in [7, 11) is 1.61. The van der Waals surface area contributed by atoms with Gasteiger partial charge in [0, 0.05) is 18.0 Å². The average Bonchev–Trinajstić information content (AvgIpc) is 2.73. The molecule has 3 aromatic carbocycles. The Morgan fingerprint density at radius 1 is 1.04 bits per heavy atom. The van der Waals surface area contributed by atoms with Crippen molar-refractivity contribution in [3.05, 3.63) is 84.2 Å². The van der Waals surface area contributed by atoms with E-state index in [9.17, 15) is 9.18 Å². The fraction of sp³-hybridized carbons (Fsp3) is 0.0909. The zero-order valence-electron chi connectivity index (χ0n) is 15.3. The van der Waals surface area contributed by atoms with E-state index in [2.05, 4.69) is 10.3 Å². The van der Waals surface area contributed by atoms with Gasteiger partial charge in [-0.2, -0.15) is 0 Å². The Morgan fingerprint density at radius 3 is 2.50 bits per heavy atom. The Bertz CT molecular complexity index is 954. The second-order valence-corrected chi connectivity index (χ2v) is 5.87. The molecule has 3 aromatic rings. The van der Waals surface area contributed by atoms with Crippen molar-refractivity contribution in [2.75, 3.05) is 19.0 Å². The van der Waals surface area contributed by atoms with Crippen LogP contribution in [0.25, 0.3) is 0 Å². The van der Waals surface area contributed by atoms with Gasteiger partial charge in [-0.25, -0.2) is 4.39 Å². The van der Waals surface area contributed by atoms with Gasteiger partial charge < -0.3 is 14.8 Å². The van der Waals surface area contributed by atoms with Crippen LogP contribution in [0.1, 0.15) is 5.56 Å². The van der Waals surface area contributed by atoms with Crippen LogP contribution in [0.3, 0.4) is 0 Å². The zero-order chi connectivity index (χ0) is 19.8. The molecule has 6 heteroatoms. The molecule has 0 heterocycles. The van der Waals surface area contributed by atoms with Gasteiger partial charge in [-0.3, -0.25) is 9.79 Å². The topological polar surface area (TPSA) is 59.9 Å². The molecule has 0 unspecified atom stereocenters. The number of amides is 1. The van der Waals surface area contributed by atoms with Crippen LogP contribution in [0.4, 0.5) is 15.8 Å². The second-order valence-electron chi connectivity index (χ2n) is 5.87. The van der Waals surface area contributed by atoms with E-state index in [1.54, 1.807) is 25.5 Å². The number of nitrogens with zero attached hydrogens (tertiary/aromatic N) is 1. The number of benzene rings is 3. The minimum Gasteiger partial charge on any atom is -0.497 e. The van der Waals surface area contributed by atoms with Crippen LogP contribution in [-0.2, 0) is 4.79 Å². The number of nitrogens with one attached hydrogen (secondary N) is 1. The number of rotatable bonds is 7. The number of ether oxygens (including phenoxy) is 2. The highest BCUT2D eigenvalue weighted by atomic mass is 19.1. The van der Waals surface area contributed by atoms with Gasteiger partial charge in [-0.05, 0) is 66.2 Å². The smallest absolute Gasteiger partial charge is 0.262 e. The van der Waals surface area contributed by atoms with Crippen LogP contribution in [-0.4, -0.2) is 25.8 Å². The maximum Gasteiger partial charge on any atom is 0.262 e. The van der Waals surface area contributed by atoms with Gasteiger partial charge >= 0.3 is 0 Å². The number of aliphatic imine (C=N–C) groups is 1. The fourth-order valence-corrected chi connectivity index (χ4v) is 2.37. The molecule has 0 radical (unpaired) electrons. The molecule has 0 aromatic heterocycles. The second kappa shape index (κ2) is 9.32. The van der Waals surface area contributed by atoms with E-state index in [0.29, 0.717) is 11.4 Å². The number of carbonyl (C=O) groups is 1. The van der Waals surface area contributed by atoms with Crippen molar-refractivity contribution < 1.29 is 18.7 Å². The van der Waals surface area contributed by atoms with Gasteiger partial charge in [0.15, 0.2) is 6.61 Å². The minimum absolute atomic E-state index is 0.144. The third-order valence-electron chi connectivity index (χ3n) is 3.79. The summed E-state index contributed by atoms with van der Waals surface area (Å²) in [6, 6.07) is 20.2. The lowest BCUT2D eigenvalue weighted by Crippen LogP contribution is -2.20. The quantitative estimate of drug-likeness (QED) is 0.611. The molecule has 0 saturated carbocycles. The largest absolute Gasteiger partial charge is 0.497 e. The van der Waals surface area contributed by atoms with E-state index < -0.39 is 0 Å². The maximum absolute atomic E-state index is 12.9. The van der Waals surface area contributed by atoms with Crippen molar-refractivity contribution in [3.63, 3.8) is 0 Å². The molecule has 0 bridgehead atoms. The summed E-state index contributed by atoms with van der Waals surface area (Å²) in [6.07, 6.45) is 1.74. The van der Waals surface area contributed by atoms with Crippen LogP contribution in [0.15, 0.2) is 77.8 Å². The Hall–Kier alpha value is -3.67. The van der Waals surface area contributed by atoms with Gasteiger partial charge in [-0.1, -0.05) is 6.07 Å². The molecule has 0 aliphatic carbocycles. The van der Waals surface area contributed by atoms with E-state index >= 15 is 0 Å². The number of hydrogen-bond acceptors (Lipinski definition) is 4.